The predicted octanol–water partition coefficient (Wildman–Crippen LogP) is -0.512. The molecule has 2 bridgehead atoms. The summed E-state index contributed by atoms with van der Waals surface area (Å²) in [6.07, 6.45) is 4.56. The van der Waals surface area contributed by atoms with Crippen molar-refractivity contribution in [3.63, 3.8) is 0 Å². The first kappa shape index (κ1) is 24.5. The summed E-state index contributed by atoms with van der Waals surface area (Å²) in [7, 11) is 0. The number of ether oxygens (including phenoxy) is 1. The summed E-state index contributed by atoms with van der Waals surface area (Å²) in [6, 6.07) is 16.6. The van der Waals surface area contributed by atoms with Gasteiger partial charge in [-0.25, -0.2) is 14.8 Å². The molecular formula is C27H27BrN4O4. The summed E-state index contributed by atoms with van der Waals surface area (Å²) < 4.78 is 6.64. The van der Waals surface area contributed by atoms with Gasteiger partial charge in [0.15, 0.2) is 12.6 Å². The molecule has 36 heavy (non-hydrogen) atoms. The number of aromatic nitrogens is 2. The highest BCUT2D eigenvalue weighted by Gasteiger charge is 2.53. The Hall–Kier alpha value is -3.14. The number of anilines is 1. The van der Waals surface area contributed by atoms with E-state index in [2.05, 4.69) is 15.3 Å². The molecule has 0 spiro atoms. The van der Waals surface area contributed by atoms with Crippen molar-refractivity contribution >= 4 is 17.8 Å². The van der Waals surface area contributed by atoms with E-state index in [0.29, 0.717) is 22.2 Å². The average molecular weight is 551 g/mol. The molecule has 1 atom stereocenters. The molecule has 2 N–H and O–H groups in total. The number of rotatable bonds is 5. The van der Waals surface area contributed by atoms with Crippen molar-refractivity contribution < 1.29 is 40.9 Å². The zero-order valence-electron chi connectivity index (χ0n) is 19.6. The number of halogens is 1. The summed E-state index contributed by atoms with van der Waals surface area (Å²) in [5.74, 6) is -0.283. The van der Waals surface area contributed by atoms with E-state index in [-0.39, 0.29) is 47.4 Å². The predicted molar refractivity (Wildman–Crippen MR) is 128 cm³/mol. The van der Waals surface area contributed by atoms with Gasteiger partial charge in [0.25, 0.3) is 5.91 Å². The number of amides is 1. The van der Waals surface area contributed by atoms with Crippen LogP contribution in [0.5, 0.6) is 0 Å². The highest BCUT2D eigenvalue weighted by molar-refractivity contribution is 5.96. The number of nitrogens with zero attached hydrogens (tertiary/aromatic N) is 3. The molecule has 1 aliphatic carbocycles. The Labute approximate surface area is 219 Å². The number of fused-ring (bicyclic) bond motifs is 6. The van der Waals surface area contributed by atoms with Crippen molar-refractivity contribution in [2.75, 3.05) is 31.5 Å². The molecular weight excluding hydrogens is 524 g/mol. The van der Waals surface area contributed by atoms with Gasteiger partial charge >= 0.3 is 5.97 Å². The molecule has 3 saturated heterocycles. The largest absolute Gasteiger partial charge is 1.00 e. The summed E-state index contributed by atoms with van der Waals surface area (Å²) in [6.45, 7) is 2.54. The van der Waals surface area contributed by atoms with Crippen LogP contribution in [-0.2, 0) is 19.9 Å². The Morgan fingerprint density at radius 3 is 2.17 bits per heavy atom. The monoisotopic (exact) mass is 550 g/mol. The Kier molecular flexibility index (Phi) is 6.40. The summed E-state index contributed by atoms with van der Waals surface area (Å²) in [5.41, 5.74) is 0.961. The molecule has 3 aromatic rings. The molecule has 7 rings (SSSR count). The second-order valence-corrected chi connectivity index (χ2v) is 9.83. The molecule has 1 unspecified atom stereocenters. The SMILES string of the molecule is O=C(C[N+]12CCC(CC1)C(OC(=O)C1(O)c3ccccc3-c3ccccc31)C2)Nc1ncccn1.[Br-]. The first-order valence-electron chi connectivity index (χ1n) is 12.0. The molecule has 8 nitrogen and oxygen atoms in total. The lowest BCUT2D eigenvalue weighted by Gasteiger charge is -2.51. The van der Waals surface area contributed by atoms with Crippen molar-refractivity contribution in [2.45, 2.75) is 24.5 Å². The highest BCUT2D eigenvalue weighted by Crippen LogP contribution is 2.48. The van der Waals surface area contributed by atoms with Crippen molar-refractivity contribution in [3.8, 4) is 11.1 Å². The normalized spacial score (nSPS) is 24.7. The molecule has 186 valence electrons. The van der Waals surface area contributed by atoms with Gasteiger partial charge in [-0.1, -0.05) is 48.5 Å². The van der Waals surface area contributed by atoms with Gasteiger partial charge in [-0.05, 0) is 17.2 Å². The van der Waals surface area contributed by atoms with E-state index in [1.807, 2.05) is 36.4 Å². The molecule has 3 aliphatic heterocycles. The van der Waals surface area contributed by atoms with E-state index in [4.69, 9.17) is 4.74 Å². The van der Waals surface area contributed by atoms with Crippen molar-refractivity contribution in [2.24, 2.45) is 5.92 Å². The number of nitrogens with one attached hydrogen (secondary N) is 1. The van der Waals surface area contributed by atoms with Crippen LogP contribution < -0.4 is 22.3 Å². The number of carbonyl (C=O) groups is 2. The first-order valence-corrected chi connectivity index (χ1v) is 12.0. The van der Waals surface area contributed by atoms with Crippen LogP contribution in [0.25, 0.3) is 11.1 Å². The maximum atomic E-state index is 13.6. The van der Waals surface area contributed by atoms with Crippen molar-refractivity contribution in [1.82, 2.24) is 9.97 Å². The number of hydrogen-bond donors (Lipinski definition) is 2. The number of carbonyl (C=O) groups excluding carboxylic acids is 2. The number of benzene rings is 2. The number of hydrogen-bond acceptors (Lipinski definition) is 6. The Balaban J connectivity index is 0.00000267. The fraction of sp³-hybridized carbons (Fsp3) is 0.333. The minimum atomic E-state index is -1.84. The Morgan fingerprint density at radius 1 is 0.972 bits per heavy atom. The third kappa shape index (κ3) is 4.01. The summed E-state index contributed by atoms with van der Waals surface area (Å²) >= 11 is 0. The maximum Gasteiger partial charge on any atom is 0.348 e. The number of quaternary nitrogens is 1. The van der Waals surface area contributed by atoms with Gasteiger partial charge in [-0.15, -0.1) is 0 Å². The topological polar surface area (TPSA) is 101 Å². The van der Waals surface area contributed by atoms with E-state index in [0.717, 1.165) is 37.1 Å². The number of esters is 1. The van der Waals surface area contributed by atoms with Crippen LogP contribution in [0.3, 0.4) is 0 Å². The molecule has 4 aliphatic rings. The lowest BCUT2D eigenvalue weighted by Crippen LogP contribution is -3.00. The van der Waals surface area contributed by atoms with Gasteiger partial charge in [0.1, 0.15) is 6.54 Å². The van der Waals surface area contributed by atoms with Crippen molar-refractivity contribution in [3.05, 3.63) is 78.1 Å². The Bertz CT molecular complexity index is 1250. The second-order valence-electron chi connectivity index (χ2n) is 9.83. The smallest absolute Gasteiger partial charge is 0.348 e. The maximum absolute atomic E-state index is 13.6. The quantitative estimate of drug-likeness (QED) is 0.327. The van der Waals surface area contributed by atoms with E-state index in [1.165, 1.54) is 0 Å². The lowest BCUT2D eigenvalue weighted by molar-refractivity contribution is -0.939. The van der Waals surface area contributed by atoms with Gasteiger partial charge in [0.05, 0.1) is 13.1 Å². The Morgan fingerprint density at radius 2 is 1.56 bits per heavy atom. The summed E-state index contributed by atoms with van der Waals surface area (Å²) in [5, 5.41) is 14.6. The number of piperidine rings is 3. The van der Waals surface area contributed by atoms with Crippen LogP contribution >= 0.6 is 0 Å². The zero-order chi connectivity index (χ0) is 24.0. The van der Waals surface area contributed by atoms with Crippen LogP contribution in [0.2, 0.25) is 0 Å². The van der Waals surface area contributed by atoms with Crippen molar-refractivity contribution in [1.29, 1.82) is 0 Å². The van der Waals surface area contributed by atoms with E-state index >= 15 is 0 Å². The third-order valence-electron chi connectivity index (χ3n) is 7.82. The number of aliphatic hydroxyl groups is 1. The van der Waals surface area contributed by atoms with Crippen LogP contribution in [0.4, 0.5) is 5.95 Å². The van der Waals surface area contributed by atoms with Gasteiger partial charge < -0.3 is 31.3 Å². The third-order valence-corrected chi connectivity index (χ3v) is 7.82. The molecule has 1 amide bonds. The lowest BCUT2D eigenvalue weighted by atomic mass is 9.82. The first-order chi connectivity index (χ1) is 17.0. The van der Waals surface area contributed by atoms with Crippen LogP contribution in [-0.4, -0.2) is 63.7 Å². The molecule has 0 saturated carbocycles. The van der Waals surface area contributed by atoms with Gasteiger partial charge in [0.2, 0.25) is 11.5 Å². The second kappa shape index (κ2) is 9.38. The fourth-order valence-electron chi connectivity index (χ4n) is 6.06. The molecule has 0 radical (unpaired) electrons. The highest BCUT2D eigenvalue weighted by atomic mass is 79.9. The van der Waals surface area contributed by atoms with Gasteiger partial charge in [-0.2, -0.15) is 0 Å². The van der Waals surface area contributed by atoms with Crippen LogP contribution in [0, 0.1) is 5.92 Å². The van der Waals surface area contributed by atoms with Crippen LogP contribution in [0.15, 0.2) is 67.0 Å². The zero-order valence-corrected chi connectivity index (χ0v) is 21.2. The van der Waals surface area contributed by atoms with Crippen LogP contribution in [0.1, 0.15) is 24.0 Å². The van der Waals surface area contributed by atoms with E-state index in [1.54, 1.807) is 30.6 Å². The standard InChI is InChI=1S/C27H26N4O4.BrH/c32-24(30-26-28-12-5-13-29-26)17-31-14-10-18(11-15-31)23(16-31)35-25(33)27(34)21-8-3-1-6-19(21)20-7-2-4-9-22(20)27;/h1-9,12-13,18,23,34H,10-11,14-17H2;1H. The van der Waals surface area contributed by atoms with E-state index < -0.39 is 11.6 Å². The molecule has 2 aromatic carbocycles. The molecule has 1 aromatic heterocycles. The molecule has 9 heteroatoms. The summed E-state index contributed by atoms with van der Waals surface area (Å²) in [4.78, 5) is 34.5. The molecule has 4 heterocycles. The molecule has 3 fully saturated rings. The average Bonchev–Trinajstić information content (AvgIpc) is 3.15. The minimum absolute atomic E-state index is 0. The minimum Gasteiger partial charge on any atom is -1.00 e. The van der Waals surface area contributed by atoms with Gasteiger partial charge in [0, 0.05) is 42.3 Å². The van der Waals surface area contributed by atoms with E-state index in [9.17, 15) is 14.7 Å². The van der Waals surface area contributed by atoms with Gasteiger partial charge in [-0.3, -0.25) is 10.1 Å². The fourth-order valence-corrected chi connectivity index (χ4v) is 6.06.